The van der Waals surface area contributed by atoms with Crippen molar-refractivity contribution in [3.8, 4) is 0 Å². The summed E-state index contributed by atoms with van der Waals surface area (Å²) < 4.78 is 2.03. The van der Waals surface area contributed by atoms with E-state index in [2.05, 4.69) is 14.8 Å². The van der Waals surface area contributed by atoms with Crippen molar-refractivity contribution in [1.82, 2.24) is 19.2 Å². The maximum atomic E-state index is 12.1. The fraction of sp³-hybridized carbons (Fsp3) is 0.300. The van der Waals surface area contributed by atoms with Gasteiger partial charge in [0, 0.05) is 38.9 Å². The molecule has 27 heavy (non-hydrogen) atoms. The van der Waals surface area contributed by atoms with Gasteiger partial charge in [-0.05, 0) is 17.7 Å². The molecule has 1 aromatic carbocycles. The van der Waals surface area contributed by atoms with Crippen LogP contribution >= 0.6 is 11.6 Å². The smallest absolute Gasteiger partial charge is 0.239 e. The molecule has 3 aromatic rings. The molecule has 1 fully saturated rings. The number of imidazole rings is 1. The standard InChI is InChI=1S/C20H22ClN5O/c21-16-6-7-18-23-12-17(26(18)13-16)14-24-8-10-25(11-9-24)19(20(22)27)15-4-2-1-3-5-15/h1-7,12-13,19H,8-11,14H2,(H2,22,27). The van der Waals surface area contributed by atoms with E-state index in [4.69, 9.17) is 17.3 Å². The normalized spacial score (nSPS) is 17.2. The molecule has 2 N–H and O–H groups in total. The first kappa shape index (κ1) is 18.0. The zero-order chi connectivity index (χ0) is 18.8. The van der Waals surface area contributed by atoms with Crippen molar-refractivity contribution in [2.45, 2.75) is 12.6 Å². The molecule has 0 radical (unpaired) electrons. The van der Waals surface area contributed by atoms with Crippen molar-refractivity contribution in [1.29, 1.82) is 0 Å². The molecule has 0 spiro atoms. The second kappa shape index (κ2) is 7.68. The molecule has 7 heteroatoms. The van der Waals surface area contributed by atoms with E-state index in [1.807, 2.05) is 59.3 Å². The molecule has 140 valence electrons. The van der Waals surface area contributed by atoms with E-state index in [0.29, 0.717) is 5.02 Å². The number of carbonyl (C=O) groups is 1. The summed E-state index contributed by atoms with van der Waals surface area (Å²) in [6, 6.07) is 13.1. The molecular weight excluding hydrogens is 362 g/mol. The van der Waals surface area contributed by atoms with Crippen LogP contribution in [0.2, 0.25) is 5.02 Å². The van der Waals surface area contributed by atoms with Gasteiger partial charge in [-0.3, -0.25) is 14.6 Å². The Bertz CT molecular complexity index is 934. The van der Waals surface area contributed by atoms with Crippen LogP contribution in [0.5, 0.6) is 0 Å². The van der Waals surface area contributed by atoms with Crippen molar-refractivity contribution in [3.63, 3.8) is 0 Å². The van der Waals surface area contributed by atoms with Crippen molar-refractivity contribution < 1.29 is 4.79 Å². The average Bonchev–Trinajstić information content (AvgIpc) is 3.06. The second-order valence-corrected chi connectivity index (χ2v) is 7.29. The number of halogens is 1. The molecule has 1 aliphatic heterocycles. The summed E-state index contributed by atoms with van der Waals surface area (Å²) in [6.07, 6.45) is 3.79. The Hall–Kier alpha value is -2.41. The molecule has 1 aliphatic rings. The van der Waals surface area contributed by atoms with Gasteiger partial charge in [0.25, 0.3) is 0 Å². The van der Waals surface area contributed by atoms with Crippen LogP contribution in [-0.4, -0.2) is 51.3 Å². The summed E-state index contributed by atoms with van der Waals surface area (Å²) in [7, 11) is 0. The zero-order valence-corrected chi connectivity index (χ0v) is 15.7. The number of primary amides is 1. The predicted octanol–water partition coefficient (Wildman–Crippen LogP) is 2.33. The Morgan fingerprint density at radius 1 is 1.11 bits per heavy atom. The maximum Gasteiger partial charge on any atom is 0.239 e. The molecule has 0 bridgehead atoms. The van der Waals surface area contributed by atoms with Gasteiger partial charge in [0.1, 0.15) is 11.7 Å². The van der Waals surface area contributed by atoms with Gasteiger partial charge in [0.05, 0.1) is 16.9 Å². The number of nitrogens with zero attached hydrogens (tertiary/aromatic N) is 4. The molecule has 0 saturated carbocycles. The van der Waals surface area contributed by atoms with Crippen LogP contribution in [0.3, 0.4) is 0 Å². The number of hydrogen-bond donors (Lipinski definition) is 1. The van der Waals surface area contributed by atoms with Gasteiger partial charge in [-0.15, -0.1) is 0 Å². The lowest BCUT2D eigenvalue weighted by Crippen LogP contribution is -2.50. The number of piperazine rings is 1. The van der Waals surface area contributed by atoms with Gasteiger partial charge in [-0.2, -0.15) is 0 Å². The molecular formula is C20H22ClN5O. The fourth-order valence-corrected chi connectivity index (χ4v) is 3.88. The SMILES string of the molecule is NC(=O)C(c1ccccc1)N1CCN(Cc2cnc3ccc(Cl)cn23)CC1. The van der Waals surface area contributed by atoms with Gasteiger partial charge in [0.2, 0.25) is 5.91 Å². The first-order chi connectivity index (χ1) is 13.1. The van der Waals surface area contributed by atoms with Crippen LogP contribution in [0.4, 0.5) is 0 Å². The number of benzene rings is 1. The lowest BCUT2D eigenvalue weighted by Gasteiger charge is -2.38. The van der Waals surface area contributed by atoms with Crippen LogP contribution in [0.25, 0.3) is 5.65 Å². The molecule has 3 heterocycles. The number of nitrogens with two attached hydrogens (primary N) is 1. The average molecular weight is 384 g/mol. The van der Waals surface area contributed by atoms with Crippen LogP contribution in [-0.2, 0) is 11.3 Å². The summed E-state index contributed by atoms with van der Waals surface area (Å²) in [6.45, 7) is 4.11. The van der Waals surface area contributed by atoms with Gasteiger partial charge in [0.15, 0.2) is 0 Å². The molecule has 4 rings (SSSR count). The number of amides is 1. The molecule has 1 amide bonds. The van der Waals surface area contributed by atoms with Gasteiger partial charge in [-0.25, -0.2) is 4.98 Å². The van der Waals surface area contributed by atoms with Crippen molar-refractivity contribution in [2.75, 3.05) is 26.2 Å². The third-order valence-corrected chi connectivity index (χ3v) is 5.31. The fourth-order valence-electron chi connectivity index (χ4n) is 3.72. The molecule has 1 atom stereocenters. The lowest BCUT2D eigenvalue weighted by molar-refractivity contribution is -0.124. The van der Waals surface area contributed by atoms with E-state index in [9.17, 15) is 4.79 Å². The summed E-state index contributed by atoms with van der Waals surface area (Å²) in [4.78, 5) is 21.0. The first-order valence-corrected chi connectivity index (χ1v) is 9.42. The molecule has 1 saturated heterocycles. The largest absolute Gasteiger partial charge is 0.368 e. The summed E-state index contributed by atoms with van der Waals surface area (Å²) in [5.74, 6) is -0.300. The third-order valence-electron chi connectivity index (χ3n) is 5.09. The summed E-state index contributed by atoms with van der Waals surface area (Å²) in [5, 5.41) is 0.693. The Labute approximate surface area is 163 Å². The minimum Gasteiger partial charge on any atom is -0.368 e. The monoisotopic (exact) mass is 383 g/mol. The number of pyridine rings is 1. The van der Waals surface area contributed by atoms with E-state index in [1.54, 1.807) is 0 Å². The number of hydrogen-bond acceptors (Lipinski definition) is 4. The van der Waals surface area contributed by atoms with E-state index in [-0.39, 0.29) is 11.9 Å². The van der Waals surface area contributed by atoms with Gasteiger partial charge in [-0.1, -0.05) is 41.9 Å². The number of fused-ring (bicyclic) bond motifs is 1. The van der Waals surface area contributed by atoms with Crippen molar-refractivity contribution >= 4 is 23.2 Å². The van der Waals surface area contributed by atoms with E-state index in [0.717, 1.165) is 49.6 Å². The zero-order valence-electron chi connectivity index (χ0n) is 15.0. The molecule has 0 aliphatic carbocycles. The minimum atomic E-state index is -0.372. The van der Waals surface area contributed by atoms with Crippen LogP contribution in [0.15, 0.2) is 54.9 Å². The summed E-state index contributed by atoms with van der Waals surface area (Å²) in [5.41, 5.74) is 8.66. The highest BCUT2D eigenvalue weighted by Crippen LogP contribution is 2.22. The first-order valence-electron chi connectivity index (χ1n) is 9.04. The second-order valence-electron chi connectivity index (χ2n) is 6.85. The number of carbonyl (C=O) groups excluding carboxylic acids is 1. The predicted molar refractivity (Wildman–Crippen MR) is 105 cm³/mol. The third kappa shape index (κ3) is 3.83. The van der Waals surface area contributed by atoms with E-state index in [1.165, 1.54) is 0 Å². The Morgan fingerprint density at radius 2 is 1.85 bits per heavy atom. The van der Waals surface area contributed by atoms with Crippen LogP contribution in [0.1, 0.15) is 17.3 Å². The quantitative estimate of drug-likeness (QED) is 0.734. The number of rotatable bonds is 5. The highest BCUT2D eigenvalue weighted by atomic mass is 35.5. The maximum absolute atomic E-state index is 12.1. The summed E-state index contributed by atoms with van der Waals surface area (Å²) >= 11 is 6.12. The number of aromatic nitrogens is 2. The Morgan fingerprint density at radius 3 is 2.56 bits per heavy atom. The topological polar surface area (TPSA) is 66.9 Å². The minimum absolute atomic E-state index is 0.300. The van der Waals surface area contributed by atoms with Gasteiger partial charge >= 0.3 is 0 Å². The Balaban J connectivity index is 1.44. The van der Waals surface area contributed by atoms with Gasteiger partial charge < -0.3 is 10.1 Å². The highest BCUT2D eigenvalue weighted by molar-refractivity contribution is 6.30. The van der Waals surface area contributed by atoms with Crippen LogP contribution in [0, 0.1) is 0 Å². The molecule has 6 nitrogen and oxygen atoms in total. The van der Waals surface area contributed by atoms with Crippen molar-refractivity contribution in [2.24, 2.45) is 5.73 Å². The lowest BCUT2D eigenvalue weighted by atomic mass is 10.0. The molecule has 1 unspecified atom stereocenters. The van der Waals surface area contributed by atoms with E-state index >= 15 is 0 Å². The van der Waals surface area contributed by atoms with Crippen molar-refractivity contribution in [3.05, 3.63) is 71.1 Å². The van der Waals surface area contributed by atoms with Crippen LogP contribution < -0.4 is 5.73 Å². The Kier molecular flexibility index (Phi) is 5.11. The molecule has 2 aromatic heterocycles. The van der Waals surface area contributed by atoms with E-state index < -0.39 is 0 Å². The highest BCUT2D eigenvalue weighted by Gasteiger charge is 2.29.